The van der Waals surface area contributed by atoms with Crippen LogP contribution in [0.25, 0.3) is 0 Å². The Kier molecular flexibility index (Phi) is 5.07. The number of likely N-dealkylation sites (tertiary alicyclic amines) is 1. The van der Waals surface area contributed by atoms with Crippen molar-refractivity contribution in [2.45, 2.75) is 77.3 Å². The summed E-state index contributed by atoms with van der Waals surface area (Å²) in [5, 5.41) is 11.7. The Morgan fingerprint density at radius 3 is 2.24 bits per heavy atom. The minimum atomic E-state index is -1.16. The zero-order valence-corrected chi connectivity index (χ0v) is 15.3. The number of carbonyl (C=O) groups excluding carboxylic acids is 2. The quantitative estimate of drug-likeness (QED) is 0.798. The van der Waals surface area contributed by atoms with E-state index in [1.54, 1.807) is 4.90 Å². The Balaban J connectivity index is 1.82. The average molecular weight is 350 g/mol. The lowest BCUT2D eigenvalue weighted by atomic mass is 9.82. The van der Waals surface area contributed by atoms with E-state index in [1.165, 1.54) is 0 Å². The lowest BCUT2D eigenvalue weighted by Gasteiger charge is -2.35. The molecule has 1 saturated heterocycles. The van der Waals surface area contributed by atoms with Gasteiger partial charge < -0.3 is 15.3 Å². The molecule has 0 radical (unpaired) electrons. The van der Waals surface area contributed by atoms with Crippen LogP contribution in [0.5, 0.6) is 0 Å². The fourth-order valence-corrected chi connectivity index (χ4v) is 4.79. The molecule has 0 aromatic heterocycles. The first kappa shape index (κ1) is 18.2. The molecule has 3 fully saturated rings. The summed E-state index contributed by atoms with van der Waals surface area (Å²) in [7, 11) is 0. The second-order valence-electron chi connectivity index (χ2n) is 8.43. The van der Waals surface area contributed by atoms with Gasteiger partial charge in [0.1, 0.15) is 6.04 Å². The standard InChI is InChI=1S/C19H30N2O4/c1-12(2)15(22)16-19(8-9-19)10-11-21(16)17(23)14(20-18(24)25)13-6-4-3-5-7-13/h12-14,16,20H,3-11H2,1-2H3,(H,24,25)/t14?,16-/m1/s1. The van der Waals surface area contributed by atoms with Crippen LogP contribution in [0.3, 0.4) is 0 Å². The van der Waals surface area contributed by atoms with Gasteiger partial charge in [-0.05, 0) is 43.4 Å². The highest BCUT2D eigenvalue weighted by Crippen LogP contribution is 2.57. The van der Waals surface area contributed by atoms with E-state index >= 15 is 0 Å². The summed E-state index contributed by atoms with van der Waals surface area (Å²) < 4.78 is 0. The van der Waals surface area contributed by atoms with Crippen LogP contribution in [0, 0.1) is 17.3 Å². The van der Waals surface area contributed by atoms with Gasteiger partial charge in [-0.25, -0.2) is 4.79 Å². The lowest BCUT2D eigenvalue weighted by molar-refractivity contribution is -0.142. The normalized spacial score (nSPS) is 26.7. The van der Waals surface area contributed by atoms with Gasteiger partial charge in [0.05, 0.1) is 6.04 Å². The molecule has 2 aliphatic carbocycles. The highest BCUT2D eigenvalue weighted by molar-refractivity contribution is 5.94. The summed E-state index contributed by atoms with van der Waals surface area (Å²) in [6.07, 6.45) is 6.67. The highest BCUT2D eigenvalue weighted by atomic mass is 16.4. The summed E-state index contributed by atoms with van der Waals surface area (Å²) in [6.45, 7) is 4.34. The van der Waals surface area contributed by atoms with E-state index in [9.17, 15) is 19.5 Å². The van der Waals surface area contributed by atoms with Crippen LogP contribution in [0.4, 0.5) is 4.79 Å². The van der Waals surface area contributed by atoms with Crippen LogP contribution in [-0.4, -0.2) is 46.4 Å². The number of nitrogens with zero attached hydrogens (tertiary/aromatic N) is 1. The van der Waals surface area contributed by atoms with Crippen molar-refractivity contribution in [2.75, 3.05) is 6.54 Å². The first-order valence-electron chi connectivity index (χ1n) is 9.69. The third-order valence-electron chi connectivity index (χ3n) is 6.42. The van der Waals surface area contributed by atoms with Gasteiger partial charge in [-0.1, -0.05) is 33.1 Å². The molecule has 2 amide bonds. The molecule has 1 unspecified atom stereocenters. The molecule has 3 aliphatic rings. The molecule has 1 heterocycles. The lowest BCUT2D eigenvalue weighted by Crippen LogP contribution is -2.56. The van der Waals surface area contributed by atoms with Gasteiger partial charge in [-0.3, -0.25) is 9.59 Å². The zero-order valence-electron chi connectivity index (χ0n) is 15.3. The summed E-state index contributed by atoms with van der Waals surface area (Å²) >= 11 is 0. The average Bonchev–Trinajstić information content (AvgIpc) is 3.25. The van der Waals surface area contributed by atoms with Crippen LogP contribution in [-0.2, 0) is 9.59 Å². The topological polar surface area (TPSA) is 86.7 Å². The summed E-state index contributed by atoms with van der Waals surface area (Å²) in [4.78, 5) is 39.1. The fraction of sp³-hybridized carbons (Fsp3) is 0.842. The smallest absolute Gasteiger partial charge is 0.405 e. The van der Waals surface area contributed by atoms with Crippen LogP contribution in [0.2, 0.25) is 0 Å². The number of rotatable bonds is 5. The number of hydrogen-bond acceptors (Lipinski definition) is 3. The Morgan fingerprint density at radius 2 is 1.72 bits per heavy atom. The summed E-state index contributed by atoms with van der Waals surface area (Å²) in [5.74, 6) is -0.127. The Hall–Kier alpha value is -1.59. The van der Waals surface area contributed by atoms with Gasteiger partial charge in [0.15, 0.2) is 5.78 Å². The van der Waals surface area contributed by atoms with E-state index < -0.39 is 12.1 Å². The number of nitrogens with one attached hydrogen (secondary N) is 1. The molecule has 1 aliphatic heterocycles. The molecule has 3 rings (SSSR count). The molecular weight excluding hydrogens is 320 g/mol. The molecule has 2 N–H and O–H groups in total. The predicted molar refractivity (Wildman–Crippen MR) is 93.2 cm³/mol. The maximum absolute atomic E-state index is 13.3. The van der Waals surface area contributed by atoms with Crippen LogP contribution >= 0.6 is 0 Å². The molecule has 2 saturated carbocycles. The Morgan fingerprint density at radius 1 is 1.08 bits per heavy atom. The predicted octanol–water partition coefficient (Wildman–Crippen LogP) is 2.81. The van der Waals surface area contributed by atoms with E-state index in [4.69, 9.17) is 0 Å². The maximum atomic E-state index is 13.3. The van der Waals surface area contributed by atoms with Gasteiger partial charge in [-0.15, -0.1) is 0 Å². The zero-order chi connectivity index (χ0) is 18.2. The highest BCUT2D eigenvalue weighted by Gasteiger charge is 2.60. The van der Waals surface area contributed by atoms with E-state index in [0.717, 1.165) is 51.4 Å². The Labute approximate surface area is 149 Å². The molecule has 2 atom stereocenters. The van der Waals surface area contributed by atoms with Gasteiger partial charge in [-0.2, -0.15) is 0 Å². The van der Waals surface area contributed by atoms with Gasteiger partial charge in [0, 0.05) is 12.5 Å². The van der Waals surface area contributed by atoms with Crippen molar-refractivity contribution in [3.05, 3.63) is 0 Å². The first-order valence-corrected chi connectivity index (χ1v) is 9.69. The molecular formula is C19H30N2O4. The number of carboxylic acid groups (broad SMARTS) is 1. The van der Waals surface area contributed by atoms with Crippen LogP contribution in [0.1, 0.15) is 65.2 Å². The number of amides is 2. The summed E-state index contributed by atoms with van der Waals surface area (Å²) in [5.41, 5.74) is -0.0304. The van der Waals surface area contributed by atoms with E-state index in [2.05, 4.69) is 5.32 Å². The third-order valence-corrected chi connectivity index (χ3v) is 6.42. The second-order valence-corrected chi connectivity index (χ2v) is 8.43. The molecule has 0 aromatic carbocycles. The number of carbonyl (C=O) groups is 3. The van der Waals surface area contributed by atoms with Gasteiger partial charge in [0.2, 0.25) is 5.91 Å². The summed E-state index contributed by atoms with van der Waals surface area (Å²) in [6, 6.07) is -1.07. The first-order chi connectivity index (χ1) is 11.9. The molecule has 140 valence electrons. The molecule has 1 spiro atoms. The van der Waals surface area contributed by atoms with E-state index in [1.807, 2.05) is 13.8 Å². The molecule has 0 aromatic rings. The second kappa shape index (κ2) is 6.96. The van der Waals surface area contributed by atoms with Gasteiger partial charge >= 0.3 is 6.09 Å². The van der Waals surface area contributed by atoms with Crippen molar-refractivity contribution in [3.8, 4) is 0 Å². The van der Waals surface area contributed by atoms with Crippen molar-refractivity contribution in [2.24, 2.45) is 17.3 Å². The minimum Gasteiger partial charge on any atom is -0.465 e. The van der Waals surface area contributed by atoms with Crippen molar-refractivity contribution in [1.29, 1.82) is 0 Å². The van der Waals surface area contributed by atoms with Gasteiger partial charge in [0.25, 0.3) is 0 Å². The van der Waals surface area contributed by atoms with E-state index in [-0.39, 0.29) is 35.0 Å². The molecule has 6 nitrogen and oxygen atoms in total. The Bertz CT molecular complexity index is 550. The van der Waals surface area contributed by atoms with Crippen molar-refractivity contribution >= 4 is 17.8 Å². The number of Topliss-reactive ketones (excluding diaryl/α,β-unsaturated/α-hetero) is 1. The van der Waals surface area contributed by atoms with Crippen LogP contribution < -0.4 is 5.32 Å². The SMILES string of the molecule is CC(C)C(=O)[C@H]1N(C(=O)C(NC(=O)O)C2CCCCC2)CCC12CC2. The largest absolute Gasteiger partial charge is 0.465 e. The third kappa shape index (κ3) is 3.53. The number of ketones is 1. The molecule has 25 heavy (non-hydrogen) atoms. The minimum absolute atomic E-state index is 0.0304. The van der Waals surface area contributed by atoms with Crippen molar-refractivity contribution in [1.82, 2.24) is 10.2 Å². The molecule has 6 heteroatoms. The monoisotopic (exact) mass is 350 g/mol. The maximum Gasteiger partial charge on any atom is 0.405 e. The molecule has 0 bridgehead atoms. The fourth-order valence-electron chi connectivity index (χ4n) is 4.79. The van der Waals surface area contributed by atoms with Crippen molar-refractivity contribution < 1.29 is 19.5 Å². The van der Waals surface area contributed by atoms with E-state index in [0.29, 0.717) is 6.54 Å². The van der Waals surface area contributed by atoms with Crippen molar-refractivity contribution in [3.63, 3.8) is 0 Å². The number of hydrogen-bond donors (Lipinski definition) is 2. The van der Waals surface area contributed by atoms with Crippen LogP contribution in [0.15, 0.2) is 0 Å².